The fourth-order valence-electron chi connectivity index (χ4n) is 1.98. The maximum Gasteiger partial charge on any atom is 0.230 e. The van der Waals surface area contributed by atoms with Gasteiger partial charge in [0.2, 0.25) is 11.8 Å². The maximum atomic E-state index is 11.6. The number of imide groups is 1. The molecule has 1 aliphatic rings. The topological polar surface area (TPSA) is 126 Å². The summed E-state index contributed by atoms with van der Waals surface area (Å²) in [6.45, 7) is 0. The Morgan fingerprint density at radius 2 is 1.91 bits per heavy atom. The van der Waals surface area contributed by atoms with Gasteiger partial charge in [-0.05, 0) is 17.7 Å². The summed E-state index contributed by atoms with van der Waals surface area (Å²) in [6, 6.07) is 5.44. The van der Waals surface area contributed by atoms with E-state index in [2.05, 4.69) is 10.0 Å². The summed E-state index contributed by atoms with van der Waals surface area (Å²) in [4.78, 5) is 38.7. The van der Waals surface area contributed by atoms with Crippen molar-refractivity contribution >= 4 is 45.1 Å². The van der Waals surface area contributed by atoms with Crippen LogP contribution in [0.15, 0.2) is 34.3 Å². The van der Waals surface area contributed by atoms with Gasteiger partial charge in [0.05, 0.1) is 12.0 Å². The predicted octanol–water partition coefficient (Wildman–Crippen LogP) is 1.64. The molecule has 10 heteroatoms. The molecule has 0 aliphatic carbocycles. The molecule has 0 radical (unpaired) electrons. The number of carboxylic acid groups (broad SMARTS) is 1. The second-order valence-corrected chi connectivity index (χ2v) is 6.96. The first kappa shape index (κ1) is 17.2. The minimum atomic E-state index is -1.44. The van der Waals surface area contributed by atoms with E-state index in [1.807, 2.05) is 0 Å². The van der Waals surface area contributed by atoms with Gasteiger partial charge in [-0.15, -0.1) is 0 Å². The lowest BCUT2D eigenvalue weighted by Gasteiger charge is -2.26. The van der Waals surface area contributed by atoms with Gasteiger partial charge in [-0.1, -0.05) is 38.8 Å². The number of nitrogens with zero attached hydrogens (tertiary/aromatic N) is 4. The molecule has 0 spiro atoms. The Hall–Kier alpha value is -2.16. The van der Waals surface area contributed by atoms with Crippen LogP contribution in [0, 0.1) is 0 Å². The van der Waals surface area contributed by atoms with Crippen molar-refractivity contribution in [2.75, 3.05) is 5.75 Å². The van der Waals surface area contributed by atoms with Crippen LogP contribution < -0.4 is 5.11 Å². The Morgan fingerprint density at radius 3 is 2.43 bits per heavy atom. The van der Waals surface area contributed by atoms with Gasteiger partial charge in [-0.25, -0.2) is 0 Å². The molecule has 1 fully saturated rings. The largest absolute Gasteiger partial charge is 0.548 e. The van der Waals surface area contributed by atoms with Crippen LogP contribution in [0.25, 0.3) is 10.4 Å². The normalized spacial score (nSPS) is 15.4. The summed E-state index contributed by atoms with van der Waals surface area (Å²) in [5.74, 6) is -2.37. The van der Waals surface area contributed by atoms with Gasteiger partial charge in [0.15, 0.2) is 0 Å². The summed E-state index contributed by atoms with van der Waals surface area (Å²) >= 11 is 0. The van der Waals surface area contributed by atoms with Crippen molar-refractivity contribution < 1.29 is 19.5 Å². The highest BCUT2D eigenvalue weighted by Crippen LogP contribution is 2.33. The zero-order valence-electron chi connectivity index (χ0n) is 11.7. The smallest absolute Gasteiger partial charge is 0.230 e. The molecule has 2 rings (SSSR count). The summed E-state index contributed by atoms with van der Waals surface area (Å²) in [5, 5.41) is 14.7. The van der Waals surface area contributed by atoms with Crippen molar-refractivity contribution in [1.82, 2.24) is 4.90 Å². The number of azide groups is 1. The number of benzene rings is 1. The highest BCUT2D eigenvalue weighted by atomic mass is 33.1. The number of hydrogen-bond acceptors (Lipinski definition) is 7. The van der Waals surface area contributed by atoms with Gasteiger partial charge in [-0.2, -0.15) is 0 Å². The molecule has 1 heterocycles. The number of carboxylic acids is 1. The fraction of sp³-hybridized carbons (Fsp3) is 0.308. The van der Waals surface area contributed by atoms with Gasteiger partial charge in [0.1, 0.15) is 0 Å². The molecular formula is C13H11N4O4S2-. The fourth-order valence-corrected chi connectivity index (χ4v) is 4.17. The van der Waals surface area contributed by atoms with Gasteiger partial charge < -0.3 is 9.90 Å². The molecule has 2 amide bonds. The Bertz CT molecular complexity index is 657. The molecule has 23 heavy (non-hydrogen) atoms. The van der Waals surface area contributed by atoms with Crippen LogP contribution in [0.5, 0.6) is 0 Å². The molecule has 120 valence electrons. The molecular weight excluding hydrogens is 340 g/mol. The lowest BCUT2D eigenvalue weighted by molar-refractivity contribution is -0.310. The first-order valence-corrected chi connectivity index (χ1v) is 8.85. The number of rotatable bonds is 7. The van der Waals surface area contributed by atoms with Gasteiger partial charge >= 0.3 is 0 Å². The molecule has 0 saturated carbocycles. The zero-order chi connectivity index (χ0) is 16.8. The van der Waals surface area contributed by atoms with Gasteiger partial charge in [0.25, 0.3) is 0 Å². The third-order valence-electron chi connectivity index (χ3n) is 3.05. The van der Waals surface area contributed by atoms with Crippen molar-refractivity contribution in [3.8, 4) is 0 Å². The number of carbonyl (C=O) groups is 3. The Morgan fingerprint density at radius 1 is 1.30 bits per heavy atom. The average molecular weight is 351 g/mol. The molecule has 1 aliphatic heterocycles. The van der Waals surface area contributed by atoms with Crippen molar-refractivity contribution in [3.05, 3.63) is 34.7 Å². The SMILES string of the molecule is [N-]=[N+]=Nc1ccc(SSCC(C(=O)[O-])N2C(=O)CCC2=O)cc1. The monoisotopic (exact) mass is 351 g/mol. The molecule has 1 aromatic rings. The summed E-state index contributed by atoms with van der Waals surface area (Å²) in [5.41, 5.74) is 8.79. The molecule has 0 bridgehead atoms. The maximum absolute atomic E-state index is 11.6. The van der Waals surface area contributed by atoms with Crippen molar-refractivity contribution in [1.29, 1.82) is 0 Å². The van der Waals surface area contributed by atoms with E-state index >= 15 is 0 Å². The minimum Gasteiger partial charge on any atom is -0.548 e. The summed E-state index contributed by atoms with van der Waals surface area (Å²) < 4.78 is 0. The number of likely N-dealkylation sites (tertiary alicyclic amines) is 1. The predicted molar refractivity (Wildman–Crippen MR) is 83.4 cm³/mol. The van der Waals surface area contributed by atoms with E-state index in [0.29, 0.717) is 5.69 Å². The second-order valence-electron chi connectivity index (χ2n) is 4.54. The van der Waals surface area contributed by atoms with E-state index in [9.17, 15) is 19.5 Å². The van der Waals surface area contributed by atoms with Crippen LogP contribution in [0.4, 0.5) is 5.69 Å². The molecule has 0 aromatic heterocycles. The highest BCUT2D eigenvalue weighted by molar-refractivity contribution is 8.76. The third kappa shape index (κ3) is 4.41. The molecule has 8 nitrogen and oxygen atoms in total. The van der Waals surface area contributed by atoms with Crippen molar-refractivity contribution in [3.63, 3.8) is 0 Å². The van der Waals surface area contributed by atoms with E-state index in [1.54, 1.807) is 24.3 Å². The molecule has 1 atom stereocenters. The summed E-state index contributed by atoms with van der Waals surface area (Å²) in [7, 11) is 2.49. The molecule has 1 aromatic carbocycles. The molecule has 0 N–H and O–H groups in total. The molecule has 1 saturated heterocycles. The quantitative estimate of drug-likeness (QED) is 0.242. The standard InChI is InChI=1S/C13H12N4O4S2/c14-16-15-8-1-3-9(4-2-8)23-22-7-10(13(20)21)17-11(18)5-6-12(17)19/h1-4,10H,5-7H2,(H,20,21)/p-1. The van der Waals surface area contributed by atoms with E-state index in [4.69, 9.17) is 5.53 Å². The Kier molecular flexibility index (Phi) is 5.91. The van der Waals surface area contributed by atoms with E-state index in [1.165, 1.54) is 21.6 Å². The molecule has 1 unspecified atom stereocenters. The lowest BCUT2D eigenvalue weighted by Crippen LogP contribution is -2.51. The number of carbonyl (C=O) groups excluding carboxylic acids is 3. The van der Waals surface area contributed by atoms with E-state index in [-0.39, 0.29) is 18.6 Å². The number of hydrogen-bond donors (Lipinski definition) is 0. The van der Waals surface area contributed by atoms with Crippen LogP contribution in [0.3, 0.4) is 0 Å². The van der Waals surface area contributed by atoms with Crippen LogP contribution in [-0.2, 0) is 14.4 Å². The Labute approximate surface area is 139 Å². The van der Waals surface area contributed by atoms with Crippen LogP contribution in [0.1, 0.15) is 12.8 Å². The second kappa shape index (κ2) is 7.91. The van der Waals surface area contributed by atoms with Crippen LogP contribution in [-0.4, -0.2) is 34.5 Å². The Balaban J connectivity index is 1.94. The van der Waals surface area contributed by atoms with Gasteiger partial charge in [-0.3, -0.25) is 14.5 Å². The summed E-state index contributed by atoms with van der Waals surface area (Å²) in [6.07, 6.45) is 0.0859. The minimum absolute atomic E-state index is 0.0303. The van der Waals surface area contributed by atoms with Crippen molar-refractivity contribution in [2.45, 2.75) is 23.8 Å². The first-order valence-electron chi connectivity index (χ1n) is 6.53. The van der Waals surface area contributed by atoms with Gasteiger partial charge in [0, 0.05) is 34.1 Å². The van der Waals surface area contributed by atoms with E-state index < -0.39 is 23.8 Å². The number of aliphatic carboxylic acids is 1. The first-order chi connectivity index (χ1) is 11.0. The average Bonchev–Trinajstić information content (AvgIpc) is 2.85. The highest BCUT2D eigenvalue weighted by Gasteiger charge is 2.35. The third-order valence-corrected chi connectivity index (χ3v) is 5.43. The van der Waals surface area contributed by atoms with Crippen LogP contribution in [0.2, 0.25) is 0 Å². The lowest BCUT2D eigenvalue weighted by atomic mass is 10.3. The van der Waals surface area contributed by atoms with Crippen molar-refractivity contribution in [2.24, 2.45) is 5.11 Å². The zero-order valence-corrected chi connectivity index (χ0v) is 13.4. The number of amides is 2. The van der Waals surface area contributed by atoms with E-state index in [0.717, 1.165) is 9.80 Å². The van der Waals surface area contributed by atoms with Crippen LogP contribution >= 0.6 is 21.6 Å².